The summed E-state index contributed by atoms with van der Waals surface area (Å²) < 4.78 is 4.93. The largest absolute Gasteiger partial charge is 0.383 e. The minimum atomic E-state index is -0.0271. The van der Waals surface area contributed by atoms with Gasteiger partial charge in [0.1, 0.15) is 0 Å². The number of para-hydroxylation sites is 1. The number of anilines is 1. The molecule has 0 atom stereocenters. The number of methoxy groups -OCH3 is 1. The summed E-state index contributed by atoms with van der Waals surface area (Å²) in [5.74, 6) is 0.102. The molecule has 2 rings (SSSR count). The number of amides is 2. The third kappa shape index (κ3) is 6.47. The van der Waals surface area contributed by atoms with Crippen molar-refractivity contribution in [2.24, 2.45) is 5.92 Å². The molecule has 1 saturated heterocycles. The van der Waals surface area contributed by atoms with Crippen LogP contribution in [-0.2, 0) is 14.3 Å². The standard InChI is InChI=1S/C17H25N3O3.ClH/c1-23-12-9-18-13-16(21)20-10-7-14(8-11-20)17(22)19-15-5-3-2-4-6-15;/h2-6,14,18H,7-13H2,1H3,(H,19,22);1H. The lowest BCUT2D eigenvalue weighted by Crippen LogP contribution is -2.45. The van der Waals surface area contributed by atoms with Crippen LogP contribution in [0, 0.1) is 5.92 Å². The van der Waals surface area contributed by atoms with Gasteiger partial charge in [-0.2, -0.15) is 0 Å². The van der Waals surface area contributed by atoms with Crippen molar-refractivity contribution in [1.29, 1.82) is 0 Å². The smallest absolute Gasteiger partial charge is 0.236 e. The molecule has 0 unspecified atom stereocenters. The van der Waals surface area contributed by atoms with E-state index in [9.17, 15) is 9.59 Å². The molecule has 0 saturated carbocycles. The molecule has 0 bridgehead atoms. The number of rotatable bonds is 7. The number of nitrogens with zero attached hydrogens (tertiary/aromatic N) is 1. The van der Waals surface area contributed by atoms with Gasteiger partial charge in [0.15, 0.2) is 0 Å². The molecule has 2 N–H and O–H groups in total. The van der Waals surface area contributed by atoms with E-state index in [0.717, 1.165) is 5.69 Å². The number of hydrogen-bond donors (Lipinski definition) is 2. The first-order valence-electron chi connectivity index (χ1n) is 8.04. The SMILES string of the molecule is COCCNCC(=O)N1CCC(C(=O)Nc2ccccc2)CC1.Cl. The van der Waals surface area contributed by atoms with E-state index in [1.54, 1.807) is 7.11 Å². The van der Waals surface area contributed by atoms with Crippen LogP contribution in [0.1, 0.15) is 12.8 Å². The monoisotopic (exact) mass is 355 g/mol. The molecule has 0 spiro atoms. The van der Waals surface area contributed by atoms with E-state index in [0.29, 0.717) is 45.6 Å². The van der Waals surface area contributed by atoms with Gasteiger partial charge in [-0.05, 0) is 25.0 Å². The predicted octanol–water partition coefficient (Wildman–Crippen LogP) is 1.52. The van der Waals surface area contributed by atoms with E-state index in [4.69, 9.17) is 4.74 Å². The molecule has 2 amide bonds. The molecule has 1 aromatic rings. The van der Waals surface area contributed by atoms with Crippen LogP contribution in [-0.4, -0.2) is 56.6 Å². The Labute approximate surface area is 149 Å². The fraction of sp³-hybridized carbons (Fsp3) is 0.529. The Balaban J connectivity index is 0.00000288. The number of ether oxygens (including phenoxy) is 1. The Morgan fingerprint density at radius 2 is 1.88 bits per heavy atom. The Hall–Kier alpha value is -1.63. The first-order chi connectivity index (χ1) is 11.2. The van der Waals surface area contributed by atoms with Crippen LogP contribution in [0.4, 0.5) is 5.69 Å². The van der Waals surface area contributed by atoms with Gasteiger partial charge >= 0.3 is 0 Å². The molecule has 6 nitrogen and oxygen atoms in total. The summed E-state index contributed by atoms with van der Waals surface area (Å²) in [5.41, 5.74) is 0.818. The normalized spacial score (nSPS) is 14.8. The molecule has 1 aliphatic heterocycles. The van der Waals surface area contributed by atoms with Crippen LogP contribution in [0.15, 0.2) is 30.3 Å². The lowest BCUT2D eigenvalue weighted by atomic mass is 9.95. The Kier molecular flexibility index (Phi) is 9.37. The molecule has 1 heterocycles. The summed E-state index contributed by atoms with van der Waals surface area (Å²) >= 11 is 0. The first-order valence-corrected chi connectivity index (χ1v) is 8.04. The molecular formula is C17H26ClN3O3. The van der Waals surface area contributed by atoms with Gasteiger partial charge in [0.25, 0.3) is 0 Å². The maximum absolute atomic E-state index is 12.2. The van der Waals surface area contributed by atoms with E-state index in [2.05, 4.69) is 10.6 Å². The number of nitrogens with one attached hydrogen (secondary N) is 2. The summed E-state index contributed by atoms with van der Waals surface area (Å²) in [6, 6.07) is 9.46. The molecule has 1 aliphatic rings. The van der Waals surface area contributed by atoms with Crippen LogP contribution in [0.5, 0.6) is 0 Å². The predicted molar refractivity (Wildman–Crippen MR) is 96.4 cm³/mol. The van der Waals surface area contributed by atoms with Crippen LogP contribution in [0.25, 0.3) is 0 Å². The minimum Gasteiger partial charge on any atom is -0.383 e. The van der Waals surface area contributed by atoms with Crippen molar-refractivity contribution in [2.45, 2.75) is 12.8 Å². The van der Waals surface area contributed by atoms with Gasteiger partial charge in [-0.25, -0.2) is 0 Å². The van der Waals surface area contributed by atoms with Crippen molar-refractivity contribution in [1.82, 2.24) is 10.2 Å². The fourth-order valence-corrected chi connectivity index (χ4v) is 2.64. The molecule has 0 radical (unpaired) electrons. The van der Waals surface area contributed by atoms with Gasteiger partial charge in [-0.3, -0.25) is 9.59 Å². The lowest BCUT2D eigenvalue weighted by molar-refractivity contribution is -0.133. The van der Waals surface area contributed by atoms with Crippen molar-refractivity contribution in [3.05, 3.63) is 30.3 Å². The van der Waals surface area contributed by atoms with Gasteiger partial charge in [-0.1, -0.05) is 18.2 Å². The maximum atomic E-state index is 12.2. The van der Waals surface area contributed by atoms with Gasteiger partial charge < -0.3 is 20.3 Å². The van der Waals surface area contributed by atoms with Crippen LogP contribution in [0.3, 0.4) is 0 Å². The number of carbonyl (C=O) groups is 2. The first kappa shape index (κ1) is 20.4. The summed E-state index contributed by atoms with van der Waals surface area (Å²) in [6.07, 6.45) is 1.42. The molecule has 0 aliphatic carbocycles. The van der Waals surface area contributed by atoms with Crippen LogP contribution >= 0.6 is 12.4 Å². The van der Waals surface area contributed by atoms with E-state index in [1.807, 2.05) is 35.2 Å². The summed E-state index contributed by atoms with van der Waals surface area (Å²) in [5, 5.41) is 5.99. The Morgan fingerprint density at radius 1 is 1.21 bits per heavy atom. The van der Waals surface area contributed by atoms with Crippen molar-refractivity contribution in [2.75, 3.05) is 45.2 Å². The summed E-state index contributed by atoms with van der Waals surface area (Å²) in [7, 11) is 1.63. The van der Waals surface area contributed by atoms with Crippen molar-refractivity contribution in [3.8, 4) is 0 Å². The van der Waals surface area contributed by atoms with Gasteiger partial charge in [-0.15, -0.1) is 12.4 Å². The number of hydrogen-bond acceptors (Lipinski definition) is 4. The van der Waals surface area contributed by atoms with Gasteiger partial charge in [0.05, 0.1) is 13.2 Å². The molecule has 1 aromatic carbocycles. The summed E-state index contributed by atoms with van der Waals surface area (Å²) in [6.45, 7) is 2.85. The fourth-order valence-electron chi connectivity index (χ4n) is 2.64. The second kappa shape index (κ2) is 11.0. The average molecular weight is 356 g/mol. The second-order valence-electron chi connectivity index (χ2n) is 5.68. The number of piperidine rings is 1. The van der Waals surface area contributed by atoms with Crippen molar-refractivity contribution < 1.29 is 14.3 Å². The third-order valence-corrected chi connectivity index (χ3v) is 4.02. The highest BCUT2D eigenvalue weighted by molar-refractivity contribution is 5.92. The van der Waals surface area contributed by atoms with E-state index in [-0.39, 0.29) is 30.1 Å². The van der Waals surface area contributed by atoms with Crippen LogP contribution in [0.2, 0.25) is 0 Å². The zero-order valence-corrected chi connectivity index (χ0v) is 14.8. The maximum Gasteiger partial charge on any atom is 0.236 e. The Morgan fingerprint density at radius 3 is 2.50 bits per heavy atom. The molecule has 134 valence electrons. The average Bonchev–Trinajstić information content (AvgIpc) is 2.59. The molecule has 24 heavy (non-hydrogen) atoms. The zero-order valence-electron chi connectivity index (χ0n) is 14.0. The Bertz CT molecular complexity index is 505. The number of likely N-dealkylation sites (tertiary alicyclic amines) is 1. The highest BCUT2D eigenvalue weighted by Crippen LogP contribution is 2.19. The van der Waals surface area contributed by atoms with Gasteiger partial charge in [0.2, 0.25) is 11.8 Å². The molecule has 7 heteroatoms. The topological polar surface area (TPSA) is 70.7 Å². The number of halogens is 1. The van der Waals surface area contributed by atoms with Crippen LogP contribution < -0.4 is 10.6 Å². The van der Waals surface area contributed by atoms with E-state index < -0.39 is 0 Å². The lowest BCUT2D eigenvalue weighted by Gasteiger charge is -2.31. The highest BCUT2D eigenvalue weighted by atomic mass is 35.5. The second-order valence-corrected chi connectivity index (χ2v) is 5.68. The van der Waals surface area contributed by atoms with Crippen molar-refractivity contribution >= 4 is 29.9 Å². The number of carbonyl (C=O) groups excluding carboxylic acids is 2. The molecule has 1 fully saturated rings. The van der Waals surface area contributed by atoms with E-state index in [1.165, 1.54) is 0 Å². The minimum absolute atomic E-state index is 0. The third-order valence-electron chi connectivity index (χ3n) is 4.02. The summed E-state index contributed by atoms with van der Waals surface area (Å²) in [4.78, 5) is 26.1. The molecule has 0 aromatic heterocycles. The molecular weight excluding hydrogens is 330 g/mol. The van der Waals surface area contributed by atoms with Gasteiger partial charge in [0, 0.05) is 38.3 Å². The quantitative estimate of drug-likeness (QED) is 0.727. The zero-order chi connectivity index (χ0) is 16.5. The number of benzene rings is 1. The van der Waals surface area contributed by atoms with Crippen molar-refractivity contribution in [3.63, 3.8) is 0 Å². The highest BCUT2D eigenvalue weighted by Gasteiger charge is 2.27. The van der Waals surface area contributed by atoms with E-state index >= 15 is 0 Å².